The lowest BCUT2D eigenvalue weighted by molar-refractivity contribution is -0.149. The highest BCUT2D eigenvalue weighted by atomic mass is 16.7. The molecule has 0 radical (unpaired) electrons. The second-order valence-corrected chi connectivity index (χ2v) is 5.95. The van der Waals surface area contributed by atoms with E-state index in [0.717, 1.165) is 11.3 Å². The number of nitrogens with zero attached hydrogens (tertiary/aromatic N) is 2. The summed E-state index contributed by atoms with van der Waals surface area (Å²) < 4.78 is 11.7. The normalized spacial score (nSPS) is 17.5. The van der Waals surface area contributed by atoms with E-state index in [1.165, 1.54) is 0 Å². The van der Waals surface area contributed by atoms with E-state index in [-0.39, 0.29) is 0 Å². The summed E-state index contributed by atoms with van der Waals surface area (Å²) in [5.41, 5.74) is 2.14. The first-order valence-corrected chi connectivity index (χ1v) is 7.96. The van der Waals surface area contributed by atoms with Crippen LogP contribution in [0.2, 0.25) is 0 Å². The lowest BCUT2D eigenvalue weighted by atomic mass is 10.1. The molecule has 2 aromatic rings. The zero-order valence-electron chi connectivity index (χ0n) is 14.1. The molecule has 0 fully saturated rings. The van der Waals surface area contributed by atoms with Crippen LogP contribution in [0.5, 0.6) is 0 Å². The fourth-order valence-corrected chi connectivity index (χ4v) is 2.46. The molecule has 0 atom stereocenters. The number of ether oxygens (including phenoxy) is 2. The van der Waals surface area contributed by atoms with Gasteiger partial charge in [-0.15, -0.1) is 0 Å². The highest BCUT2D eigenvalue weighted by Crippen LogP contribution is 2.32. The number of hydrogen-bond acceptors (Lipinski definition) is 4. The van der Waals surface area contributed by atoms with Crippen LogP contribution >= 0.6 is 0 Å². The van der Waals surface area contributed by atoms with Gasteiger partial charge in [-0.2, -0.15) is 5.26 Å². The Morgan fingerprint density at radius 3 is 2.48 bits per heavy atom. The van der Waals surface area contributed by atoms with E-state index in [9.17, 15) is 0 Å². The first-order valence-electron chi connectivity index (χ1n) is 7.96. The van der Waals surface area contributed by atoms with E-state index in [4.69, 9.17) is 14.7 Å². The molecule has 4 nitrogen and oxygen atoms in total. The summed E-state index contributed by atoms with van der Waals surface area (Å²) in [5.74, 6) is 0.617. The van der Waals surface area contributed by atoms with Crippen molar-refractivity contribution in [1.29, 1.82) is 5.26 Å². The van der Waals surface area contributed by atoms with E-state index >= 15 is 0 Å². The van der Waals surface area contributed by atoms with Crippen molar-refractivity contribution in [2.75, 3.05) is 0 Å². The van der Waals surface area contributed by atoms with Gasteiger partial charge in [0.15, 0.2) is 0 Å². The molecule has 1 aliphatic rings. The quantitative estimate of drug-likeness (QED) is 0.747. The lowest BCUT2D eigenvalue weighted by Gasteiger charge is -2.33. The van der Waals surface area contributed by atoms with E-state index < -0.39 is 5.79 Å². The van der Waals surface area contributed by atoms with Gasteiger partial charge in [0.2, 0.25) is 5.79 Å². The molecule has 25 heavy (non-hydrogen) atoms. The maximum atomic E-state index is 9.11. The van der Waals surface area contributed by atoms with E-state index in [1.807, 2.05) is 62.4 Å². The molecule has 0 aromatic heterocycles. The number of allylic oxidation sites excluding steroid dienone is 2. The molecule has 124 valence electrons. The number of benzene rings is 2. The maximum absolute atomic E-state index is 9.11. The molecule has 0 saturated heterocycles. The van der Waals surface area contributed by atoms with E-state index in [1.54, 1.807) is 24.4 Å². The minimum absolute atomic E-state index is 0.533. The molecule has 4 heteroatoms. The van der Waals surface area contributed by atoms with Crippen molar-refractivity contribution in [2.45, 2.75) is 19.6 Å². The topological polar surface area (TPSA) is 54.6 Å². The molecule has 0 bridgehead atoms. The molecule has 0 aliphatic carbocycles. The number of para-hydroxylation sites is 1. The SMILES string of the molecule is CC1(C)OC(c2ccccc2)=C/C(=C/C=Nc2ccccc2C#N)O1. The van der Waals surface area contributed by atoms with Gasteiger partial charge in [-0.25, -0.2) is 0 Å². The summed E-state index contributed by atoms with van der Waals surface area (Å²) in [7, 11) is 0. The van der Waals surface area contributed by atoms with Crippen LogP contribution in [0.25, 0.3) is 5.76 Å². The monoisotopic (exact) mass is 330 g/mol. The van der Waals surface area contributed by atoms with Gasteiger partial charge >= 0.3 is 0 Å². The second kappa shape index (κ2) is 7.06. The Bertz CT molecular complexity index is 888. The van der Waals surface area contributed by atoms with Crippen LogP contribution in [-0.4, -0.2) is 12.0 Å². The summed E-state index contributed by atoms with van der Waals surface area (Å²) in [4.78, 5) is 4.34. The molecule has 0 saturated carbocycles. The maximum Gasteiger partial charge on any atom is 0.245 e. The number of hydrogen-bond donors (Lipinski definition) is 0. The molecular weight excluding hydrogens is 312 g/mol. The molecule has 0 amide bonds. The van der Waals surface area contributed by atoms with Crippen molar-refractivity contribution in [2.24, 2.45) is 4.99 Å². The summed E-state index contributed by atoms with van der Waals surface area (Å²) in [6.07, 6.45) is 5.23. The van der Waals surface area contributed by atoms with Crippen LogP contribution in [0.15, 0.2) is 77.5 Å². The van der Waals surface area contributed by atoms with E-state index in [0.29, 0.717) is 17.0 Å². The first-order chi connectivity index (χ1) is 12.1. The van der Waals surface area contributed by atoms with Gasteiger partial charge in [-0.1, -0.05) is 42.5 Å². The predicted molar refractivity (Wildman–Crippen MR) is 98.1 cm³/mol. The van der Waals surface area contributed by atoms with E-state index in [2.05, 4.69) is 11.1 Å². The second-order valence-electron chi connectivity index (χ2n) is 5.95. The summed E-state index contributed by atoms with van der Waals surface area (Å²) in [6, 6.07) is 19.2. The Balaban J connectivity index is 1.88. The molecule has 3 rings (SSSR count). The fraction of sp³-hybridized carbons (Fsp3) is 0.143. The van der Waals surface area contributed by atoms with Crippen molar-refractivity contribution < 1.29 is 9.47 Å². The standard InChI is InChI=1S/C21H18N2O2/c1-21(2)24-18(14-20(25-21)16-8-4-3-5-9-16)12-13-23-19-11-7-6-10-17(19)15-22/h3-14H,1-2H3/b18-12-,23-13?. The van der Waals surface area contributed by atoms with Crippen molar-refractivity contribution in [1.82, 2.24) is 0 Å². The smallest absolute Gasteiger partial charge is 0.245 e. The third-order valence-corrected chi connectivity index (χ3v) is 3.53. The molecular formula is C21H18N2O2. The van der Waals surface area contributed by atoms with Crippen LogP contribution in [0.1, 0.15) is 25.0 Å². The molecule has 1 heterocycles. The average molecular weight is 330 g/mol. The highest BCUT2D eigenvalue weighted by molar-refractivity contribution is 5.78. The Morgan fingerprint density at radius 2 is 1.72 bits per heavy atom. The van der Waals surface area contributed by atoms with Crippen LogP contribution in [-0.2, 0) is 9.47 Å². The van der Waals surface area contributed by atoms with Crippen molar-refractivity contribution in [3.8, 4) is 6.07 Å². The van der Waals surface area contributed by atoms with Crippen LogP contribution in [0.4, 0.5) is 5.69 Å². The number of rotatable bonds is 3. The van der Waals surface area contributed by atoms with Gasteiger partial charge in [-0.05, 0) is 18.2 Å². The summed E-state index contributed by atoms with van der Waals surface area (Å²) in [6.45, 7) is 3.72. The van der Waals surface area contributed by atoms with Crippen LogP contribution < -0.4 is 0 Å². The molecule has 0 N–H and O–H groups in total. The van der Waals surface area contributed by atoms with Gasteiger partial charge < -0.3 is 9.47 Å². The molecule has 2 aromatic carbocycles. The number of nitriles is 1. The zero-order chi connectivity index (χ0) is 17.7. The lowest BCUT2D eigenvalue weighted by Crippen LogP contribution is -2.30. The Kier molecular flexibility index (Phi) is 4.67. The molecule has 1 aliphatic heterocycles. The Labute approximate surface area is 147 Å². The first kappa shape index (κ1) is 16.5. The van der Waals surface area contributed by atoms with Gasteiger partial charge in [0.25, 0.3) is 0 Å². The van der Waals surface area contributed by atoms with Gasteiger partial charge in [0, 0.05) is 31.7 Å². The van der Waals surface area contributed by atoms with Crippen LogP contribution in [0, 0.1) is 11.3 Å². The fourth-order valence-electron chi connectivity index (χ4n) is 2.46. The van der Waals surface area contributed by atoms with Crippen LogP contribution in [0.3, 0.4) is 0 Å². The third-order valence-electron chi connectivity index (χ3n) is 3.53. The minimum atomic E-state index is -0.774. The van der Waals surface area contributed by atoms with Gasteiger partial charge in [0.1, 0.15) is 17.6 Å². The van der Waals surface area contributed by atoms with Crippen molar-refractivity contribution in [3.05, 3.63) is 83.6 Å². The third kappa shape index (κ3) is 4.15. The highest BCUT2D eigenvalue weighted by Gasteiger charge is 2.28. The molecule has 0 unspecified atom stereocenters. The Hall–Kier alpha value is -3.32. The predicted octanol–water partition coefficient (Wildman–Crippen LogP) is 4.97. The minimum Gasteiger partial charge on any atom is -0.453 e. The van der Waals surface area contributed by atoms with Crippen molar-refractivity contribution in [3.63, 3.8) is 0 Å². The summed E-state index contributed by atoms with van der Waals surface area (Å²) in [5, 5.41) is 9.11. The zero-order valence-corrected chi connectivity index (χ0v) is 14.1. The average Bonchev–Trinajstić information content (AvgIpc) is 2.61. The van der Waals surface area contributed by atoms with Crippen molar-refractivity contribution >= 4 is 17.7 Å². The molecule has 0 spiro atoms. The van der Waals surface area contributed by atoms with Gasteiger partial charge in [0.05, 0.1) is 11.3 Å². The number of aliphatic imine (C=N–C) groups is 1. The largest absolute Gasteiger partial charge is 0.453 e. The summed E-state index contributed by atoms with van der Waals surface area (Å²) >= 11 is 0. The Morgan fingerprint density at radius 1 is 1.00 bits per heavy atom. The van der Waals surface area contributed by atoms with Gasteiger partial charge in [-0.3, -0.25) is 4.99 Å².